The Morgan fingerprint density at radius 1 is 0.386 bits per heavy atom. The van der Waals surface area contributed by atoms with E-state index in [9.17, 15) is 0 Å². The van der Waals surface area contributed by atoms with E-state index in [1.54, 1.807) is 0 Å². The van der Waals surface area contributed by atoms with E-state index in [1.807, 2.05) is 0 Å². The third kappa shape index (κ3) is 3.94. The Balaban J connectivity index is 1.33. The van der Waals surface area contributed by atoms with Crippen LogP contribution in [-0.4, -0.2) is 4.57 Å². The molecule has 1 heterocycles. The molecule has 0 radical (unpaired) electrons. The molecule has 0 bridgehead atoms. The van der Waals surface area contributed by atoms with Crippen LogP contribution in [0, 0.1) is 0 Å². The van der Waals surface area contributed by atoms with Gasteiger partial charge in [0.1, 0.15) is 0 Å². The Hall–Kier alpha value is -5.66. The van der Waals surface area contributed by atoms with E-state index in [4.69, 9.17) is 0 Å². The fourth-order valence-electron chi connectivity index (χ4n) is 7.17. The number of nitrogens with zero attached hydrogens (tertiary/aromatic N) is 1. The van der Waals surface area contributed by atoms with Gasteiger partial charge >= 0.3 is 0 Å². The first-order valence-electron chi connectivity index (χ1n) is 15.3. The number of benzene rings is 7. The van der Waals surface area contributed by atoms with Crippen LogP contribution in [0.2, 0.25) is 0 Å². The lowest BCUT2D eigenvalue weighted by atomic mass is 9.95. The third-order valence-electron chi connectivity index (χ3n) is 9.20. The Morgan fingerprint density at radius 3 is 1.77 bits per heavy atom. The average molecular weight is 560 g/mol. The number of hydrogen-bond acceptors (Lipinski definition) is 0. The minimum absolute atomic E-state index is 0.948. The van der Waals surface area contributed by atoms with Gasteiger partial charge in [0, 0.05) is 22.9 Å². The predicted molar refractivity (Wildman–Crippen MR) is 185 cm³/mol. The zero-order chi connectivity index (χ0) is 29.0. The fourth-order valence-corrected chi connectivity index (χ4v) is 7.17. The number of rotatable bonds is 4. The maximum Gasteiger partial charge on any atom is 0.0582 e. The van der Waals surface area contributed by atoms with E-state index in [1.165, 1.54) is 83.1 Å². The Labute approximate surface area is 257 Å². The topological polar surface area (TPSA) is 4.93 Å². The van der Waals surface area contributed by atoms with Crippen LogP contribution in [0.4, 0.5) is 0 Å². The molecule has 9 rings (SSSR count). The molecule has 206 valence electrons. The SMILES string of the molecule is c1ccc(-c2cccc(-c3cc(-c4ccccc4)cc(-n4c5ccccc5c5ccc6c(c54)Cc4ccccc4-6)c3)c2)cc1. The van der Waals surface area contributed by atoms with Crippen LogP contribution in [-0.2, 0) is 6.42 Å². The molecular weight excluding hydrogens is 530 g/mol. The first-order chi connectivity index (χ1) is 21.8. The number of fused-ring (bicyclic) bond motifs is 7. The third-order valence-corrected chi connectivity index (χ3v) is 9.20. The molecule has 8 aromatic rings. The second-order valence-corrected chi connectivity index (χ2v) is 11.8. The number of para-hydroxylation sites is 1. The lowest BCUT2D eigenvalue weighted by Crippen LogP contribution is -1.98. The first-order valence-corrected chi connectivity index (χ1v) is 15.3. The summed E-state index contributed by atoms with van der Waals surface area (Å²) >= 11 is 0. The van der Waals surface area contributed by atoms with Gasteiger partial charge in [0.05, 0.1) is 11.0 Å². The van der Waals surface area contributed by atoms with Crippen molar-refractivity contribution in [3.05, 3.63) is 175 Å². The second-order valence-electron chi connectivity index (χ2n) is 11.8. The molecule has 1 aliphatic rings. The average Bonchev–Trinajstić information content (AvgIpc) is 3.65. The molecule has 0 amide bonds. The molecule has 1 aliphatic carbocycles. The lowest BCUT2D eigenvalue weighted by molar-refractivity contribution is 1.15. The zero-order valence-corrected chi connectivity index (χ0v) is 24.2. The van der Waals surface area contributed by atoms with E-state index in [0.29, 0.717) is 0 Å². The van der Waals surface area contributed by atoms with Crippen LogP contribution in [0.5, 0.6) is 0 Å². The van der Waals surface area contributed by atoms with Crippen LogP contribution in [0.1, 0.15) is 11.1 Å². The molecule has 44 heavy (non-hydrogen) atoms. The molecule has 0 saturated carbocycles. The quantitative estimate of drug-likeness (QED) is 0.202. The van der Waals surface area contributed by atoms with E-state index in [2.05, 4.69) is 168 Å². The molecule has 0 fully saturated rings. The first kappa shape index (κ1) is 24.9. The summed E-state index contributed by atoms with van der Waals surface area (Å²) in [4.78, 5) is 0. The smallest absolute Gasteiger partial charge is 0.0582 e. The normalized spacial score (nSPS) is 12.0. The highest BCUT2D eigenvalue weighted by Crippen LogP contribution is 2.45. The zero-order valence-electron chi connectivity index (χ0n) is 24.2. The van der Waals surface area contributed by atoms with Crippen molar-refractivity contribution in [3.8, 4) is 50.2 Å². The molecule has 0 unspecified atom stereocenters. The molecule has 0 aliphatic heterocycles. The second kappa shape index (κ2) is 9.97. The van der Waals surface area contributed by atoms with Crippen molar-refractivity contribution in [2.75, 3.05) is 0 Å². The van der Waals surface area contributed by atoms with Gasteiger partial charge in [-0.05, 0) is 86.0 Å². The molecule has 1 heteroatoms. The maximum absolute atomic E-state index is 2.52. The van der Waals surface area contributed by atoms with Crippen LogP contribution >= 0.6 is 0 Å². The van der Waals surface area contributed by atoms with Gasteiger partial charge < -0.3 is 4.57 Å². The number of hydrogen-bond donors (Lipinski definition) is 0. The summed E-state index contributed by atoms with van der Waals surface area (Å²) in [7, 11) is 0. The van der Waals surface area contributed by atoms with Gasteiger partial charge in [-0.15, -0.1) is 0 Å². The van der Waals surface area contributed by atoms with Gasteiger partial charge in [0.15, 0.2) is 0 Å². The Morgan fingerprint density at radius 2 is 0.977 bits per heavy atom. The summed E-state index contributed by atoms with van der Waals surface area (Å²) in [6.07, 6.45) is 0.948. The molecule has 1 nitrogen and oxygen atoms in total. The summed E-state index contributed by atoms with van der Waals surface area (Å²) in [5.74, 6) is 0. The standard InChI is InChI=1S/C43H29N/c1-3-12-29(13-4-1)31-17-11-18-32(24-31)35-25-34(30-14-5-2-6-15-30)26-36(27-35)44-42-21-10-9-20-39(42)40-23-22-38-37-19-8-7-16-33(37)28-41(38)43(40)44/h1-27H,28H2. The monoisotopic (exact) mass is 559 g/mol. The van der Waals surface area contributed by atoms with Crippen LogP contribution in [0.25, 0.3) is 72.0 Å². The fraction of sp³-hybridized carbons (Fsp3) is 0.0233. The minimum atomic E-state index is 0.948. The van der Waals surface area contributed by atoms with Crippen molar-refractivity contribution in [2.24, 2.45) is 0 Å². The van der Waals surface area contributed by atoms with Crippen molar-refractivity contribution >= 4 is 21.8 Å². The summed E-state index contributed by atoms with van der Waals surface area (Å²) in [5.41, 5.74) is 16.6. The highest BCUT2D eigenvalue weighted by atomic mass is 15.0. The van der Waals surface area contributed by atoms with Crippen molar-refractivity contribution in [3.63, 3.8) is 0 Å². The molecule has 0 atom stereocenters. The lowest BCUT2D eigenvalue weighted by Gasteiger charge is -2.16. The molecular formula is C43H29N. The van der Waals surface area contributed by atoms with Gasteiger partial charge in [-0.3, -0.25) is 0 Å². The highest BCUT2D eigenvalue weighted by Gasteiger charge is 2.24. The van der Waals surface area contributed by atoms with Gasteiger partial charge in [-0.25, -0.2) is 0 Å². The van der Waals surface area contributed by atoms with Crippen LogP contribution in [0.15, 0.2) is 164 Å². The van der Waals surface area contributed by atoms with E-state index in [0.717, 1.165) is 6.42 Å². The predicted octanol–water partition coefficient (Wildman–Crippen LogP) is 11.4. The van der Waals surface area contributed by atoms with E-state index in [-0.39, 0.29) is 0 Å². The van der Waals surface area contributed by atoms with Crippen molar-refractivity contribution in [1.29, 1.82) is 0 Å². The Bertz CT molecular complexity index is 2340. The van der Waals surface area contributed by atoms with Crippen molar-refractivity contribution in [1.82, 2.24) is 4.57 Å². The number of aromatic nitrogens is 1. The van der Waals surface area contributed by atoms with E-state index >= 15 is 0 Å². The molecule has 7 aromatic carbocycles. The van der Waals surface area contributed by atoms with Gasteiger partial charge in [-0.2, -0.15) is 0 Å². The molecule has 0 N–H and O–H groups in total. The highest BCUT2D eigenvalue weighted by molar-refractivity contribution is 6.12. The molecule has 0 spiro atoms. The maximum atomic E-state index is 2.52. The molecule has 0 saturated heterocycles. The summed E-state index contributed by atoms with van der Waals surface area (Å²) in [6.45, 7) is 0. The van der Waals surface area contributed by atoms with Crippen molar-refractivity contribution < 1.29 is 0 Å². The molecule has 1 aromatic heterocycles. The summed E-state index contributed by atoms with van der Waals surface area (Å²) in [6, 6.07) is 59.9. The van der Waals surface area contributed by atoms with Crippen LogP contribution < -0.4 is 0 Å². The Kier molecular flexibility index (Phi) is 5.64. The van der Waals surface area contributed by atoms with Crippen molar-refractivity contribution in [2.45, 2.75) is 6.42 Å². The van der Waals surface area contributed by atoms with Gasteiger partial charge in [-0.1, -0.05) is 133 Å². The summed E-state index contributed by atoms with van der Waals surface area (Å²) < 4.78 is 2.52. The summed E-state index contributed by atoms with van der Waals surface area (Å²) in [5, 5.41) is 2.60. The minimum Gasteiger partial charge on any atom is -0.309 e. The van der Waals surface area contributed by atoms with Crippen LogP contribution in [0.3, 0.4) is 0 Å². The van der Waals surface area contributed by atoms with Gasteiger partial charge in [0.2, 0.25) is 0 Å². The van der Waals surface area contributed by atoms with E-state index < -0.39 is 0 Å². The largest absolute Gasteiger partial charge is 0.309 e. The van der Waals surface area contributed by atoms with Gasteiger partial charge in [0.25, 0.3) is 0 Å².